The van der Waals surface area contributed by atoms with Gasteiger partial charge >= 0.3 is 0 Å². The Morgan fingerprint density at radius 1 is 0.769 bits per heavy atom. The van der Waals surface area contributed by atoms with Gasteiger partial charge in [0.1, 0.15) is 5.78 Å². The maximum atomic E-state index is 12.2. The molecule has 3 unspecified atom stereocenters. The summed E-state index contributed by atoms with van der Waals surface area (Å²) in [6, 6.07) is -0.591. The van der Waals surface area contributed by atoms with Crippen molar-refractivity contribution in [3.05, 3.63) is 0 Å². The molecule has 2 amide bonds. The van der Waals surface area contributed by atoms with Gasteiger partial charge in [-0.15, -0.1) is 0 Å². The van der Waals surface area contributed by atoms with Crippen molar-refractivity contribution in [1.82, 2.24) is 10.6 Å². The summed E-state index contributed by atoms with van der Waals surface area (Å²) in [7, 11) is 0. The van der Waals surface area contributed by atoms with Gasteiger partial charge in [0.2, 0.25) is 11.8 Å². The molecule has 0 aromatic rings. The maximum Gasteiger partial charge on any atom is 0.223 e. The van der Waals surface area contributed by atoms with Crippen molar-refractivity contribution in [2.24, 2.45) is 17.8 Å². The van der Waals surface area contributed by atoms with Crippen molar-refractivity contribution in [3.63, 3.8) is 0 Å². The van der Waals surface area contributed by atoms with Crippen LogP contribution in [-0.4, -0.2) is 35.5 Å². The molecule has 0 heterocycles. The van der Waals surface area contributed by atoms with Gasteiger partial charge in [-0.1, -0.05) is 34.6 Å². The van der Waals surface area contributed by atoms with E-state index in [0.29, 0.717) is 18.8 Å². The molecule has 0 radical (unpaired) electrons. The van der Waals surface area contributed by atoms with Crippen molar-refractivity contribution >= 4 is 23.4 Å². The van der Waals surface area contributed by atoms with E-state index in [1.165, 1.54) is 0 Å². The first-order valence-corrected chi connectivity index (χ1v) is 9.60. The predicted molar refractivity (Wildman–Crippen MR) is 103 cm³/mol. The fourth-order valence-corrected chi connectivity index (χ4v) is 2.21. The number of nitrogens with one attached hydrogen (secondary N) is 2. The second-order valence-corrected chi connectivity index (χ2v) is 7.88. The van der Waals surface area contributed by atoms with Gasteiger partial charge in [0.25, 0.3) is 0 Å². The molecule has 6 heteroatoms. The van der Waals surface area contributed by atoms with Crippen LogP contribution in [0.2, 0.25) is 0 Å². The highest BCUT2D eigenvalue weighted by Crippen LogP contribution is 2.09. The normalized spacial score (nSPS) is 14.7. The van der Waals surface area contributed by atoms with E-state index in [-0.39, 0.29) is 48.2 Å². The highest BCUT2D eigenvalue weighted by Gasteiger charge is 2.23. The molecular weight excluding hydrogens is 332 g/mol. The molecule has 0 rings (SSSR count). The number of hydrogen-bond acceptors (Lipinski definition) is 4. The van der Waals surface area contributed by atoms with Gasteiger partial charge in [-0.25, -0.2) is 0 Å². The number of carbonyl (C=O) groups is 4. The third-order valence-electron chi connectivity index (χ3n) is 4.66. The van der Waals surface area contributed by atoms with Crippen molar-refractivity contribution in [2.45, 2.75) is 86.2 Å². The molecule has 0 bridgehead atoms. The number of ketones is 2. The highest BCUT2D eigenvalue weighted by molar-refractivity contribution is 5.92. The van der Waals surface area contributed by atoms with Crippen LogP contribution in [0.3, 0.4) is 0 Å². The second-order valence-electron chi connectivity index (χ2n) is 7.88. The van der Waals surface area contributed by atoms with Crippen LogP contribution in [0.1, 0.15) is 74.1 Å². The van der Waals surface area contributed by atoms with E-state index < -0.39 is 12.0 Å². The highest BCUT2D eigenvalue weighted by atomic mass is 16.2. The van der Waals surface area contributed by atoms with Gasteiger partial charge in [-0.3, -0.25) is 19.2 Å². The molecule has 0 spiro atoms. The van der Waals surface area contributed by atoms with Gasteiger partial charge in [0, 0.05) is 37.1 Å². The van der Waals surface area contributed by atoms with Crippen LogP contribution in [-0.2, 0) is 19.2 Å². The summed E-state index contributed by atoms with van der Waals surface area (Å²) < 4.78 is 0. The molecule has 0 saturated heterocycles. The number of Topliss-reactive ketones (excluding diaryl/α,β-unsaturated/α-hetero) is 2. The Hall–Kier alpha value is -1.72. The minimum Gasteiger partial charge on any atom is -0.353 e. The van der Waals surface area contributed by atoms with E-state index in [0.717, 1.165) is 0 Å². The number of hydrogen-bond donors (Lipinski definition) is 2. The van der Waals surface area contributed by atoms with E-state index >= 15 is 0 Å². The minimum absolute atomic E-state index is 0.0235. The SMILES string of the molecule is CC(C)C(=O)CCCC(=O)NC(C)C(=O)CC(C)C(=O)NC(C)C(C)C. The molecule has 0 fully saturated rings. The van der Waals surface area contributed by atoms with E-state index in [4.69, 9.17) is 0 Å². The summed E-state index contributed by atoms with van der Waals surface area (Å²) in [5.41, 5.74) is 0. The summed E-state index contributed by atoms with van der Waals surface area (Å²) in [5.74, 6) is -0.564. The number of rotatable bonds is 12. The lowest BCUT2D eigenvalue weighted by atomic mass is 9.98. The Kier molecular flexibility index (Phi) is 11.0. The zero-order valence-corrected chi connectivity index (χ0v) is 17.3. The monoisotopic (exact) mass is 368 g/mol. The summed E-state index contributed by atoms with van der Waals surface area (Å²) in [5, 5.41) is 5.56. The third kappa shape index (κ3) is 9.68. The minimum atomic E-state index is -0.638. The van der Waals surface area contributed by atoms with Crippen LogP contribution < -0.4 is 10.6 Å². The first kappa shape index (κ1) is 24.3. The average molecular weight is 369 g/mol. The average Bonchev–Trinajstić information content (AvgIpc) is 2.53. The lowest BCUT2D eigenvalue weighted by Gasteiger charge is -2.21. The summed E-state index contributed by atoms with van der Waals surface area (Å²) in [6.07, 6.45) is 1.16. The van der Waals surface area contributed by atoms with Crippen LogP contribution in [0.25, 0.3) is 0 Å². The third-order valence-corrected chi connectivity index (χ3v) is 4.66. The van der Waals surface area contributed by atoms with E-state index in [1.807, 2.05) is 34.6 Å². The smallest absolute Gasteiger partial charge is 0.223 e. The lowest BCUT2D eigenvalue weighted by Crippen LogP contribution is -2.42. The molecule has 150 valence electrons. The lowest BCUT2D eigenvalue weighted by molar-refractivity contribution is -0.131. The molecule has 3 atom stereocenters. The molecule has 0 aliphatic carbocycles. The van der Waals surface area contributed by atoms with Crippen molar-refractivity contribution in [1.29, 1.82) is 0 Å². The summed E-state index contributed by atoms with van der Waals surface area (Å²) in [6.45, 7) is 13.0. The fourth-order valence-electron chi connectivity index (χ4n) is 2.21. The number of carbonyl (C=O) groups excluding carboxylic acids is 4. The molecule has 0 aromatic heterocycles. The van der Waals surface area contributed by atoms with E-state index in [9.17, 15) is 19.2 Å². The zero-order chi connectivity index (χ0) is 20.4. The van der Waals surface area contributed by atoms with Crippen molar-refractivity contribution < 1.29 is 19.2 Å². The Morgan fingerprint density at radius 3 is 1.85 bits per heavy atom. The van der Waals surface area contributed by atoms with Crippen LogP contribution in [0, 0.1) is 17.8 Å². The second kappa shape index (κ2) is 11.8. The molecule has 6 nitrogen and oxygen atoms in total. The summed E-state index contributed by atoms with van der Waals surface area (Å²) in [4.78, 5) is 47.8. The standard InChI is InChI=1S/C20H36N2O4/c1-12(2)15(6)22-20(26)14(5)11-18(24)16(7)21-19(25)10-8-9-17(23)13(3)4/h12-16H,8-11H2,1-7H3,(H,21,25)(H,22,26). The molecule has 26 heavy (non-hydrogen) atoms. The quantitative estimate of drug-likeness (QED) is 0.554. The Morgan fingerprint density at radius 2 is 1.35 bits per heavy atom. The molecule has 0 aromatic carbocycles. The molecular formula is C20H36N2O4. The van der Waals surface area contributed by atoms with E-state index in [2.05, 4.69) is 10.6 Å². The molecule has 0 saturated carbocycles. The summed E-state index contributed by atoms with van der Waals surface area (Å²) >= 11 is 0. The van der Waals surface area contributed by atoms with Crippen LogP contribution in [0.5, 0.6) is 0 Å². The maximum absolute atomic E-state index is 12.2. The van der Waals surface area contributed by atoms with Crippen LogP contribution in [0.4, 0.5) is 0 Å². The van der Waals surface area contributed by atoms with Crippen molar-refractivity contribution in [2.75, 3.05) is 0 Å². The number of amides is 2. The van der Waals surface area contributed by atoms with Gasteiger partial charge < -0.3 is 10.6 Å². The topological polar surface area (TPSA) is 92.3 Å². The molecule has 2 N–H and O–H groups in total. The van der Waals surface area contributed by atoms with Crippen LogP contribution >= 0.6 is 0 Å². The van der Waals surface area contributed by atoms with E-state index in [1.54, 1.807) is 13.8 Å². The Bertz CT molecular complexity index is 500. The largest absolute Gasteiger partial charge is 0.353 e. The molecule has 0 aliphatic heterocycles. The van der Waals surface area contributed by atoms with Gasteiger partial charge in [-0.05, 0) is 26.2 Å². The first-order chi connectivity index (χ1) is 12.0. The zero-order valence-electron chi connectivity index (χ0n) is 17.3. The van der Waals surface area contributed by atoms with Crippen LogP contribution in [0.15, 0.2) is 0 Å². The fraction of sp³-hybridized carbons (Fsp3) is 0.800. The van der Waals surface area contributed by atoms with Gasteiger partial charge in [0.15, 0.2) is 5.78 Å². The predicted octanol–water partition coefficient (Wildman–Crippen LogP) is 2.64. The van der Waals surface area contributed by atoms with Gasteiger partial charge in [0.05, 0.1) is 6.04 Å². The molecule has 0 aliphatic rings. The van der Waals surface area contributed by atoms with Gasteiger partial charge in [-0.2, -0.15) is 0 Å². The first-order valence-electron chi connectivity index (χ1n) is 9.60. The Labute approximate surface area is 157 Å². The Balaban J connectivity index is 4.27. The van der Waals surface area contributed by atoms with Crippen molar-refractivity contribution in [3.8, 4) is 0 Å².